The summed E-state index contributed by atoms with van der Waals surface area (Å²) in [4.78, 5) is 4.14. The Balaban J connectivity index is 2.03. The number of aryl methyl sites for hydroxylation is 2. The Morgan fingerprint density at radius 3 is 2.90 bits per heavy atom. The molecule has 0 aromatic carbocycles. The summed E-state index contributed by atoms with van der Waals surface area (Å²) < 4.78 is 29.1. The van der Waals surface area contributed by atoms with Crippen molar-refractivity contribution in [1.82, 2.24) is 19.6 Å². The number of imidazole rings is 1. The van der Waals surface area contributed by atoms with E-state index in [9.17, 15) is 8.42 Å². The number of piperidine rings is 1. The van der Waals surface area contributed by atoms with E-state index < -0.39 is 10.0 Å². The van der Waals surface area contributed by atoms with E-state index in [1.54, 1.807) is 6.20 Å². The van der Waals surface area contributed by atoms with Gasteiger partial charge in [-0.2, -0.15) is 0 Å². The Hall–Kier alpha value is -0.920. The molecule has 2 N–H and O–H groups in total. The molecule has 7 heteroatoms. The molecule has 1 saturated heterocycles. The third-order valence-corrected chi connectivity index (χ3v) is 5.36. The van der Waals surface area contributed by atoms with E-state index in [1.807, 2.05) is 18.4 Å². The van der Waals surface area contributed by atoms with Gasteiger partial charge in [-0.3, -0.25) is 0 Å². The molecule has 0 amide bonds. The van der Waals surface area contributed by atoms with E-state index in [4.69, 9.17) is 0 Å². The van der Waals surface area contributed by atoms with Crippen LogP contribution in [0.2, 0.25) is 0 Å². The smallest absolute Gasteiger partial charge is 0.259 e. The highest BCUT2D eigenvalue weighted by atomic mass is 32.2. The summed E-state index contributed by atoms with van der Waals surface area (Å²) in [6.45, 7) is 9.06. The number of rotatable bonds is 5. The molecule has 0 spiro atoms. The molecule has 20 heavy (non-hydrogen) atoms. The Morgan fingerprint density at radius 2 is 2.30 bits per heavy atom. The minimum atomic E-state index is -3.50. The minimum absolute atomic E-state index is 0.124. The molecule has 0 bridgehead atoms. The van der Waals surface area contributed by atoms with Gasteiger partial charge in [0.2, 0.25) is 0 Å². The zero-order valence-corrected chi connectivity index (χ0v) is 13.2. The van der Waals surface area contributed by atoms with Gasteiger partial charge in [0.1, 0.15) is 5.82 Å². The van der Waals surface area contributed by atoms with Crippen molar-refractivity contribution in [2.45, 2.75) is 38.8 Å². The second-order valence-electron chi connectivity index (χ2n) is 5.49. The van der Waals surface area contributed by atoms with Crippen LogP contribution in [-0.4, -0.2) is 37.6 Å². The van der Waals surface area contributed by atoms with Crippen molar-refractivity contribution < 1.29 is 8.42 Å². The molecule has 1 aromatic heterocycles. The average molecular weight is 300 g/mol. The van der Waals surface area contributed by atoms with Crippen molar-refractivity contribution in [3.8, 4) is 0 Å². The molecule has 0 saturated carbocycles. The lowest BCUT2D eigenvalue weighted by Gasteiger charge is -2.29. The lowest BCUT2D eigenvalue weighted by molar-refractivity contribution is 0.274. The minimum Gasteiger partial charge on any atom is -0.334 e. The summed E-state index contributed by atoms with van der Waals surface area (Å²) in [7, 11) is -3.50. The number of nitrogens with zero attached hydrogens (tertiary/aromatic N) is 2. The standard InChI is InChI=1S/C13H24N4O2S/c1-4-17-9-13(16-11(17)3)20(18,19)15-8-12-5-6-14-7-10(12)2/h9-10,12,14-15H,4-8H2,1-3H3. The van der Waals surface area contributed by atoms with Crippen LogP contribution in [0.25, 0.3) is 0 Å². The third kappa shape index (κ3) is 3.39. The first-order chi connectivity index (χ1) is 9.44. The first kappa shape index (κ1) is 15.5. The fourth-order valence-corrected chi connectivity index (χ4v) is 3.69. The quantitative estimate of drug-likeness (QED) is 0.841. The van der Waals surface area contributed by atoms with E-state index in [0.717, 1.165) is 31.9 Å². The summed E-state index contributed by atoms with van der Waals surface area (Å²) >= 11 is 0. The van der Waals surface area contributed by atoms with Crippen LogP contribution in [0.3, 0.4) is 0 Å². The summed E-state index contributed by atoms with van der Waals surface area (Å²) in [6.07, 6.45) is 2.61. The predicted molar refractivity (Wildman–Crippen MR) is 78.0 cm³/mol. The number of sulfonamides is 1. The summed E-state index contributed by atoms with van der Waals surface area (Å²) in [5.74, 6) is 1.60. The van der Waals surface area contributed by atoms with E-state index in [2.05, 4.69) is 21.9 Å². The van der Waals surface area contributed by atoms with Crippen LogP contribution in [0.5, 0.6) is 0 Å². The van der Waals surface area contributed by atoms with Crippen molar-refractivity contribution in [2.24, 2.45) is 11.8 Å². The van der Waals surface area contributed by atoms with Crippen molar-refractivity contribution in [2.75, 3.05) is 19.6 Å². The molecule has 1 aliphatic rings. The van der Waals surface area contributed by atoms with E-state index in [1.165, 1.54) is 0 Å². The molecule has 2 unspecified atom stereocenters. The van der Waals surface area contributed by atoms with Crippen molar-refractivity contribution in [1.29, 1.82) is 0 Å². The number of aromatic nitrogens is 2. The van der Waals surface area contributed by atoms with Crippen molar-refractivity contribution in [3.05, 3.63) is 12.0 Å². The number of hydrogen-bond acceptors (Lipinski definition) is 4. The molecule has 1 aliphatic heterocycles. The maximum atomic E-state index is 12.3. The second kappa shape index (κ2) is 6.24. The molecule has 114 valence electrons. The van der Waals surface area contributed by atoms with Gasteiger partial charge in [0.05, 0.1) is 0 Å². The molecular weight excluding hydrogens is 276 g/mol. The summed E-state index contributed by atoms with van der Waals surface area (Å²) in [5, 5.41) is 3.44. The molecule has 0 radical (unpaired) electrons. The van der Waals surface area contributed by atoms with Gasteiger partial charge in [0.25, 0.3) is 10.0 Å². The Labute approximate surface area is 121 Å². The molecule has 6 nitrogen and oxygen atoms in total. The third-order valence-electron chi connectivity index (χ3n) is 4.07. The van der Waals surface area contributed by atoms with Gasteiger partial charge in [-0.1, -0.05) is 6.92 Å². The fourth-order valence-electron chi connectivity index (χ4n) is 2.59. The van der Waals surface area contributed by atoms with Crippen molar-refractivity contribution in [3.63, 3.8) is 0 Å². The van der Waals surface area contributed by atoms with Crippen LogP contribution >= 0.6 is 0 Å². The molecule has 0 aliphatic carbocycles. The van der Waals surface area contributed by atoms with Crippen LogP contribution in [0.4, 0.5) is 0 Å². The van der Waals surface area contributed by atoms with E-state index in [0.29, 0.717) is 18.4 Å². The topological polar surface area (TPSA) is 76.0 Å². The number of nitrogens with one attached hydrogen (secondary N) is 2. The maximum absolute atomic E-state index is 12.3. The Kier molecular flexibility index (Phi) is 4.82. The lowest BCUT2D eigenvalue weighted by Crippen LogP contribution is -2.41. The lowest BCUT2D eigenvalue weighted by atomic mass is 9.88. The second-order valence-corrected chi connectivity index (χ2v) is 7.21. The van der Waals surface area contributed by atoms with Crippen molar-refractivity contribution >= 4 is 10.0 Å². The Morgan fingerprint density at radius 1 is 1.55 bits per heavy atom. The highest BCUT2D eigenvalue weighted by molar-refractivity contribution is 7.89. The molecule has 2 heterocycles. The van der Waals surface area contributed by atoms with Gasteiger partial charge in [0.15, 0.2) is 5.03 Å². The van der Waals surface area contributed by atoms with Crippen LogP contribution in [0.15, 0.2) is 11.2 Å². The highest BCUT2D eigenvalue weighted by Crippen LogP contribution is 2.18. The van der Waals surface area contributed by atoms with Gasteiger partial charge in [-0.25, -0.2) is 18.1 Å². The average Bonchev–Trinajstić information content (AvgIpc) is 2.80. The predicted octanol–water partition coefficient (Wildman–Crippen LogP) is 0.735. The normalized spacial score (nSPS) is 23.9. The molecular formula is C13H24N4O2S. The molecule has 1 aromatic rings. The number of hydrogen-bond donors (Lipinski definition) is 2. The fraction of sp³-hybridized carbons (Fsp3) is 0.769. The summed E-state index contributed by atoms with van der Waals surface area (Å²) in [5.41, 5.74) is 0. The van der Waals surface area contributed by atoms with E-state index >= 15 is 0 Å². The van der Waals surface area contributed by atoms with Crippen LogP contribution in [0, 0.1) is 18.8 Å². The van der Waals surface area contributed by atoms with Crippen LogP contribution < -0.4 is 10.0 Å². The zero-order chi connectivity index (χ0) is 14.8. The molecule has 2 atom stereocenters. The first-order valence-corrected chi connectivity index (χ1v) is 8.66. The SMILES string of the molecule is CCn1cc(S(=O)(=O)NCC2CCNCC2C)nc1C. The van der Waals surface area contributed by atoms with Crippen LogP contribution in [0.1, 0.15) is 26.1 Å². The maximum Gasteiger partial charge on any atom is 0.259 e. The first-order valence-electron chi connectivity index (χ1n) is 7.18. The summed E-state index contributed by atoms with van der Waals surface area (Å²) in [6, 6.07) is 0. The molecule has 2 rings (SSSR count). The van der Waals surface area contributed by atoms with Gasteiger partial charge in [0, 0.05) is 19.3 Å². The largest absolute Gasteiger partial charge is 0.334 e. The monoisotopic (exact) mass is 300 g/mol. The van der Waals surface area contributed by atoms with E-state index in [-0.39, 0.29) is 5.03 Å². The zero-order valence-electron chi connectivity index (χ0n) is 12.4. The van der Waals surface area contributed by atoms with Gasteiger partial charge < -0.3 is 9.88 Å². The van der Waals surface area contributed by atoms with Gasteiger partial charge >= 0.3 is 0 Å². The molecule has 1 fully saturated rings. The Bertz CT molecular complexity index is 553. The highest BCUT2D eigenvalue weighted by Gasteiger charge is 2.25. The van der Waals surface area contributed by atoms with Gasteiger partial charge in [-0.05, 0) is 45.2 Å². The van der Waals surface area contributed by atoms with Gasteiger partial charge in [-0.15, -0.1) is 0 Å². The van der Waals surface area contributed by atoms with Crippen LogP contribution in [-0.2, 0) is 16.6 Å².